The third kappa shape index (κ3) is 4.15. The summed E-state index contributed by atoms with van der Waals surface area (Å²) in [5, 5.41) is 3.82. The molecule has 1 N–H and O–H groups in total. The van der Waals surface area contributed by atoms with Gasteiger partial charge in [0.1, 0.15) is 23.4 Å². The lowest BCUT2D eigenvalue weighted by atomic mass is 9.98. The number of hydrogen-bond donors (Lipinski definition) is 1. The number of rotatable bonds is 7. The molecule has 170 valence electrons. The highest BCUT2D eigenvalue weighted by atomic mass is 16.5. The maximum Gasteiger partial charge on any atom is 0.297 e. The second-order valence-corrected chi connectivity index (χ2v) is 7.87. The minimum absolute atomic E-state index is 0.141. The van der Waals surface area contributed by atoms with Crippen LogP contribution in [0.5, 0.6) is 5.75 Å². The first-order valence-corrected chi connectivity index (χ1v) is 11.1. The maximum absolute atomic E-state index is 13.0. The molecule has 0 aliphatic carbocycles. The van der Waals surface area contributed by atoms with Gasteiger partial charge in [0.05, 0.1) is 19.0 Å². The molecule has 5 aromatic rings. The van der Waals surface area contributed by atoms with Crippen LogP contribution in [0.1, 0.15) is 24.1 Å². The molecule has 34 heavy (non-hydrogen) atoms. The molecule has 7 nitrogen and oxygen atoms in total. The zero-order chi connectivity index (χ0) is 23.5. The fourth-order valence-electron chi connectivity index (χ4n) is 4.02. The van der Waals surface area contributed by atoms with Crippen LogP contribution in [-0.2, 0) is 11.3 Å². The van der Waals surface area contributed by atoms with E-state index in [4.69, 9.17) is 9.15 Å². The second kappa shape index (κ2) is 9.23. The molecule has 0 aliphatic rings. The van der Waals surface area contributed by atoms with E-state index in [9.17, 15) is 9.59 Å². The first kappa shape index (κ1) is 21.5. The molecule has 0 aliphatic heterocycles. The van der Waals surface area contributed by atoms with Gasteiger partial charge in [-0.1, -0.05) is 54.6 Å². The molecule has 1 amide bonds. The molecular weight excluding hydrogens is 430 g/mol. The van der Waals surface area contributed by atoms with E-state index in [0.29, 0.717) is 17.7 Å². The van der Waals surface area contributed by atoms with Crippen molar-refractivity contribution in [2.45, 2.75) is 19.5 Å². The van der Waals surface area contributed by atoms with Crippen LogP contribution in [-0.4, -0.2) is 22.1 Å². The third-order valence-corrected chi connectivity index (χ3v) is 5.63. The van der Waals surface area contributed by atoms with Gasteiger partial charge in [0.2, 0.25) is 11.5 Å². The second-order valence-electron chi connectivity index (χ2n) is 7.87. The Morgan fingerprint density at radius 3 is 2.47 bits per heavy atom. The molecule has 5 rings (SSSR count). The van der Waals surface area contributed by atoms with Crippen molar-refractivity contribution >= 4 is 28.0 Å². The summed E-state index contributed by atoms with van der Waals surface area (Å²) in [6.45, 7) is 2.33. The topological polar surface area (TPSA) is 86.4 Å². The van der Waals surface area contributed by atoms with Gasteiger partial charge in [0.25, 0.3) is 5.56 Å². The van der Waals surface area contributed by atoms with E-state index < -0.39 is 5.56 Å². The molecule has 0 spiro atoms. The number of hydrogen-bond acceptors (Lipinski definition) is 5. The predicted molar refractivity (Wildman–Crippen MR) is 130 cm³/mol. The number of furan rings is 1. The van der Waals surface area contributed by atoms with Crippen LogP contribution in [0.15, 0.2) is 94.4 Å². The van der Waals surface area contributed by atoms with Gasteiger partial charge < -0.3 is 14.5 Å². The Balaban J connectivity index is 1.42. The third-order valence-electron chi connectivity index (χ3n) is 5.63. The zero-order valence-corrected chi connectivity index (χ0v) is 18.6. The Morgan fingerprint density at radius 2 is 1.71 bits per heavy atom. The Bertz CT molecular complexity index is 1500. The van der Waals surface area contributed by atoms with E-state index in [2.05, 4.69) is 10.3 Å². The Kier molecular flexibility index (Phi) is 5.82. The van der Waals surface area contributed by atoms with Gasteiger partial charge in [0, 0.05) is 5.39 Å². The van der Waals surface area contributed by atoms with Gasteiger partial charge in [0.15, 0.2) is 0 Å². The van der Waals surface area contributed by atoms with Crippen LogP contribution >= 0.6 is 0 Å². The number of carbonyl (C=O) groups excluding carboxylic acids is 1. The molecule has 1 atom stereocenters. The van der Waals surface area contributed by atoms with Crippen molar-refractivity contribution in [3.63, 3.8) is 0 Å². The first-order valence-electron chi connectivity index (χ1n) is 11.1. The van der Waals surface area contributed by atoms with Gasteiger partial charge in [-0.15, -0.1) is 0 Å². The number of carbonyl (C=O) groups is 1. The molecule has 0 saturated carbocycles. The van der Waals surface area contributed by atoms with Crippen molar-refractivity contribution in [1.82, 2.24) is 14.9 Å². The van der Waals surface area contributed by atoms with Crippen molar-refractivity contribution in [3.8, 4) is 5.75 Å². The Labute approximate surface area is 195 Å². The quantitative estimate of drug-likeness (QED) is 0.394. The lowest BCUT2D eigenvalue weighted by Crippen LogP contribution is -2.35. The number of aromatic nitrogens is 2. The smallest absolute Gasteiger partial charge is 0.297 e. The van der Waals surface area contributed by atoms with Crippen molar-refractivity contribution in [1.29, 1.82) is 0 Å². The van der Waals surface area contributed by atoms with E-state index in [-0.39, 0.29) is 24.1 Å². The fourth-order valence-corrected chi connectivity index (χ4v) is 4.02. The number of nitrogens with zero attached hydrogens (tertiary/aromatic N) is 2. The monoisotopic (exact) mass is 453 g/mol. The lowest BCUT2D eigenvalue weighted by molar-refractivity contribution is -0.122. The number of ether oxygens (including phenoxy) is 1. The molecule has 3 aromatic carbocycles. The Hall–Kier alpha value is -4.39. The highest BCUT2D eigenvalue weighted by Gasteiger charge is 2.19. The van der Waals surface area contributed by atoms with E-state index in [1.807, 2.05) is 79.7 Å². The molecule has 7 heteroatoms. The summed E-state index contributed by atoms with van der Waals surface area (Å²) in [6.07, 6.45) is 1.39. The fraction of sp³-hybridized carbons (Fsp3) is 0.148. The summed E-state index contributed by atoms with van der Waals surface area (Å²) >= 11 is 0. The summed E-state index contributed by atoms with van der Waals surface area (Å²) in [7, 11) is 0. The molecule has 0 radical (unpaired) electrons. The number of fused-ring (bicyclic) bond motifs is 3. The van der Waals surface area contributed by atoms with E-state index in [1.54, 1.807) is 6.07 Å². The first-order chi connectivity index (χ1) is 16.6. The number of amides is 1. The summed E-state index contributed by atoms with van der Waals surface area (Å²) in [5.41, 5.74) is 2.66. The van der Waals surface area contributed by atoms with Crippen molar-refractivity contribution in [2.24, 2.45) is 0 Å². The Morgan fingerprint density at radius 1 is 1.00 bits per heavy atom. The van der Waals surface area contributed by atoms with Crippen molar-refractivity contribution < 1.29 is 13.9 Å². The average Bonchev–Trinajstić information content (AvgIpc) is 3.25. The SMILES string of the molecule is CCOc1ccc(C(NC(=O)Cn2cnc3c(oc4ccccc43)c2=O)c2ccccc2)cc1. The zero-order valence-electron chi connectivity index (χ0n) is 18.6. The number of benzene rings is 3. The molecule has 0 bridgehead atoms. The largest absolute Gasteiger partial charge is 0.494 e. The van der Waals surface area contributed by atoms with E-state index in [1.165, 1.54) is 10.9 Å². The minimum Gasteiger partial charge on any atom is -0.494 e. The molecule has 2 aromatic heterocycles. The highest BCUT2D eigenvalue weighted by Crippen LogP contribution is 2.25. The lowest BCUT2D eigenvalue weighted by Gasteiger charge is -2.20. The minimum atomic E-state index is -0.395. The van der Waals surface area contributed by atoms with Crippen LogP contribution in [0.3, 0.4) is 0 Å². The van der Waals surface area contributed by atoms with Crippen LogP contribution in [0.4, 0.5) is 0 Å². The van der Waals surface area contributed by atoms with Gasteiger partial charge >= 0.3 is 0 Å². The summed E-state index contributed by atoms with van der Waals surface area (Å²) in [5.74, 6) is 0.447. The van der Waals surface area contributed by atoms with Crippen LogP contribution in [0.25, 0.3) is 22.1 Å². The normalized spacial score (nSPS) is 12.0. The summed E-state index contributed by atoms with van der Waals surface area (Å²) in [4.78, 5) is 30.4. The standard InChI is InChI=1S/C27H23N3O4/c1-2-33-20-14-12-19(13-15-20)24(18-8-4-3-5-9-18)29-23(31)16-30-17-28-25-21-10-6-7-11-22(21)34-26(25)27(30)32/h3-15,17,24H,2,16H2,1H3,(H,29,31). The molecule has 2 heterocycles. The van der Waals surface area contributed by atoms with Gasteiger partial charge in [-0.05, 0) is 42.3 Å². The number of para-hydroxylation sites is 1. The highest BCUT2D eigenvalue weighted by molar-refractivity contribution is 6.01. The summed E-state index contributed by atoms with van der Waals surface area (Å²) in [6, 6.07) is 24.2. The van der Waals surface area contributed by atoms with Crippen molar-refractivity contribution in [3.05, 3.63) is 107 Å². The van der Waals surface area contributed by atoms with Crippen LogP contribution in [0, 0.1) is 0 Å². The molecule has 0 fully saturated rings. The number of nitrogens with one attached hydrogen (secondary N) is 1. The van der Waals surface area contributed by atoms with Crippen LogP contribution in [0.2, 0.25) is 0 Å². The van der Waals surface area contributed by atoms with E-state index >= 15 is 0 Å². The average molecular weight is 453 g/mol. The van der Waals surface area contributed by atoms with Crippen molar-refractivity contribution in [2.75, 3.05) is 6.61 Å². The van der Waals surface area contributed by atoms with E-state index in [0.717, 1.165) is 22.3 Å². The van der Waals surface area contributed by atoms with Gasteiger partial charge in [-0.3, -0.25) is 14.2 Å². The van der Waals surface area contributed by atoms with Crippen LogP contribution < -0.4 is 15.6 Å². The van der Waals surface area contributed by atoms with Gasteiger partial charge in [-0.2, -0.15) is 0 Å². The molecular formula is C27H23N3O4. The molecule has 0 saturated heterocycles. The molecule has 1 unspecified atom stereocenters. The maximum atomic E-state index is 13.0. The van der Waals surface area contributed by atoms with Gasteiger partial charge in [-0.25, -0.2) is 4.98 Å². The summed E-state index contributed by atoms with van der Waals surface area (Å²) < 4.78 is 12.5. The predicted octanol–water partition coefficient (Wildman–Crippen LogP) is 4.45.